The van der Waals surface area contributed by atoms with Gasteiger partial charge in [-0.2, -0.15) is 0 Å². The van der Waals surface area contributed by atoms with Gasteiger partial charge in [-0.3, -0.25) is 0 Å². The van der Waals surface area contributed by atoms with Crippen molar-refractivity contribution >= 4 is 22.2 Å². The highest BCUT2D eigenvalue weighted by atomic mass is 35.5. The van der Waals surface area contributed by atoms with Crippen LogP contribution in [0.3, 0.4) is 0 Å². The van der Waals surface area contributed by atoms with Gasteiger partial charge >= 0.3 is 0 Å². The van der Waals surface area contributed by atoms with Crippen molar-refractivity contribution in [1.82, 2.24) is 15.3 Å². The first kappa shape index (κ1) is 14.3. The first-order valence-corrected chi connectivity index (χ1v) is 7.07. The Morgan fingerprint density at radius 3 is 2.59 bits per heavy atom. The van der Waals surface area contributed by atoms with Crippen molar-refractivity contribution in [1.29, 1.82) is 0 Å². The zero-order valence-electron chi connectivity index (χ0n) is 9.37. The summed E-state index contributed by atoms with van der Waals surface area (Å²) in [5, 5.41) is 3.14. The molecular weight excluding hydrogens is 262 g/mol. The van der Waals surface area contributed by atoms with E-state index in [0.717, 1.165) is 25.8 Å². The lowest BCUT2D eigenvalue weighted by Crippen LogP contribution is -2.39. The summed E-state index contributed by atoms with van der Waals surface area (Å²) >= 11 is 0. The van der Waals surface area contributed by atoms with Gasteiger partial charge in [-0.25, -0.2) is 18.4 Å². The van der Waals surface area contributed by atoms with Crippen molar-refractivity contribution in [2.24, 2.45) is 0 Å². The number of aromatic nitrogens is 2. The van der Waals surface area contributed by atoms with Crippen LogP contribution < -0.4 is 5.32 Å². The standard InChI is InChI=1S/C10H15N3O2S.ClH/c14-16(15,10-12-6-3-7-13-10)8-9-4-1-2-5-11-9;/h3,6-7,9,11H,1-2,4-5,8H2;1H. The molecule has 0 bridgehead atoms. The van der Waals surface area contributed by atoms with Crippen LogP contribution in [0, 0.1) is 0 Å². The van der Waals surface area contributed by atoms with Crippen molar-refractivity contribution in [2.75, 3.05) is 12.3 Å². The Hall–Kier alpha value is -0.720. The Bertz CT molecular complexity index is 432. The Kier molecular flexibility index (Phi) is 5.30. The summed E-state index contributed by atoms with van der Waals surface area (Å²) in [5.41, 5.74) is 0. The van der Waals surface area contributed by atoms with E-state index in [1.54, 1.807) is 6.07 Å². The van der Waals surface area contributed by atoms with Crippen molar-refractivity contribution in [3.8, 4) is 0 Å². The quantitative estimate of drug-likeness (QED) is 0.828. The maximum atomic E-state index is 11.9. The van der Waals surface area contributed by atoms with E-state index in [9.17, 15) is 8.42 Å². The van der Waals surface area contributed by atoms with Crippen LogP contribution in [0.4, 0.5) is 0 Å². The van der Waals surface area contributed by atoms with E-state index in [-0.39, 0.29) is 29.4 Å². The average Bonchev–Trinajstić information content (AvgIpc) is 2.31. The minimum atomic E-state index is -3.34. The molecule has 2 heterocycles. The normalized spacial score (nSPS) is 20.6. The molecular formula is C10H16ClN3O2S. The van der Waals surface area contributed by atoms with Crippen LogP contribution in [-0.2, 0) is 9.84 Å². The van der Waals surface area contributed by atoms with Crippen molar-refractivity contribution in [3.05, 3.63) is 18.5 Å². The minimum absolute atomic E-state index is 0. The number of sulfone groups is 1. The number of halogens is 1. The van der Waals surface area contributed by atoms with Gasteiger partial charge in [0.15, 0.2) is 0 Å². The molecule has 0 radical (unpaired) electrons. The first-order valence-electron chi connectivity index (χ1n) is 5.42. The molecule has 1 aromatic heterocycles. The van der Waals surface area contributed by atoms with Crippen LogP contribution in [0.1, 0.15) is 19.3 Å². The third kappa shape index (κ3) is 3.90. The molecule has 1 atom stereocenters. The molecule has 17 heavy (non-hydrogen) atoms. The van der Waals surface area contributed by atoms with Crippen LogP contribution in [0.2, 0.25) is 0 Å². The molecule has 2 rings (SSSR count). The number of piperidine rings is 1. The molecule has 96 valence electrons. The molecule has 0 aromatic carbocycles. The topological polar surface area (TPSA) is 72.0 Å². The van der Waals surface area contributed by atoms with Gasteiger partial charge in [0.2, 0.25) is 15.0 Å². The highest BCUT2D eigenvalue weighted by Crippen LogP contribution is 2.12. The summed E-state index contributed by atoms with van der Waals surface area (Å²) in [6.45, 7) is 0.899. The predicted molar refractivity (Wildman–Crippen MR) is 67.0 cm³/mol. The van der Waals surface area contributed by atoms with Gasteiger partial charge in [-0.15, -0.1) is 12.4 Å². The van der Waals surface area contributed by atoms with Crippen molar-refractivity contribution in [2.45, 2.75) is 30.5 Å². The van der Waals surface area contributed by atoms with Crippen molar-refractivity contribution in [3.63, 3.8) is 0 Å². The molecule has 1 aromatic rings. The van der Waals surface area contributed by atoms with Gasteiger partial charge in [-0.1, -0.05) is 6.42 Å². The highest BCUT2D eigenvalue weighted by Gasteiger charge is 2.24. The monoisotopic (exact) mass is 277 g/mol. The zero-order chi connectivity index (χ0) is 11.4. The van der Waals surface area contributed by atoms with Crippen LogP contribution in [-0.4, -0.2) is 36.7 Å². The molecule has 0 aliphatic carbocycles. The molecule has 1 saturated heterocycles. The SMILES string of the molecule is Cl.O=S(=O)(CC1CCCCN1)c1ncccn1. The van der Waals surface area contributed by atoms with E-state index in [2.05, 4.69) is 15.3 Å². The molecule has 0 spiro atoms. The van der Waals surface area contributed by atoms with Gasteiger partial charge in [0, 0.05) is 18.4 Å². The van der Waals surface area contributed by atoms with Gasteiger partial charge in [0.25, 0.3) is 0 Å². The fourth-order valence-electron chi connectivity index (χ4n) is 1.85. The molecule has 1 fully saturated rings. The number of rotatable bonds is 3. The molecule has 1 unspecified atom stereocenters. The van der Waals surface area contributed by atoms with Crippen LogP contribution in [0.5, 0.6) is 0 Å². The van der Waals surface area contributed by atoms with Crippen LogP contribution in [0.15, 0.2) is 23.6 Å². The van der Waals surface area contributed by atoms with E-state index < -0.39 is 9.84 Å². The third-order valence-corrected chi connectivity index (χ3v) is 4.26. The molecule has 7 heteroatoms. The Balaban J connectivity index is 0.00000144. The molecule has 1 N–H and O–H groups in total. The second-order valence-electron chi connectivity index (χ2n) is 3.96. The van der Waals surface area contributed by atoms with Gasteiger partial charge < -0.3 is 5.32 Å². The Morgan fingerprint density at radius 2 is 2.00 bits per heavy atom. The summed E-state index contributed by atoms with van der Waals surface area (Å²) in [7, 11) is -3.34. The molecule has 0 amide bonds. The zero-order valence-corrected chi connectivity index (χ0v) is 11.0. The average molecular weight is 278 g/mol. The van der Waals surface area contributed by atoms with E-state index in [4.69, 9.17) is 0 Å². The largest absolute Gasteiger partial charge is 0.313 e. The molecule has 0 saturated carbocycles. The lowest BCUT2D eigenvalue weighted by molar-refractivity contribution is 0.423. The first-order chi connectivity index (χ1) is 7.68. The summed E-state index contributed by atoms with van der Waals surface area (Å²) in [6, 6.07) is 1.65. The second kappa shape index (κ2) is 6.28. The smallest absolute Gasteiger partial charge is 0.247 e. The molecule has 5 nitrogen and oxygen atoms in total. The van der Waals surface area contributed by atoms with E-state index >= 15 is 0 Å². The van der Waals surface area contributed by atoms with Gasteiger partial charge in [0.1, 0.15) is 0 Å². The summed E-state index contributed by atoms with van der Waals surface area (Å²) < 4.78 is 23.9. The maximum absolute atomic E-state index is 11.9. The van der Waals surface area contributed by atoms with E-state index in [0.29, 0.717) is 0 Å². The number of nitrogens with zero attached hydrogens (tertiary/aromatic N) is 2. The third-order valence-electron chi connectivity index (χ3n) is 2.65. The second-order valence-corrected chi connectivity index (χ2v) is 5.89. The van der Waals surface area contributed by atoms with Crippen molar-refractivity contribution < 1.29 is 8.42 Å². The van der Waals surface area contributed by atoms with Gasteiger partial charge in [0.05, 0.1) is 5.75 Å². The molecule has 1 aliphatic rings. The number of hydrogen-bond donors (Lipinski definition) is 1. The number of nitrogens with one attached hydrogen (secondary N) is 1. The van der Waals surface area contributed by atoms with E-state index in [1.165, 1.54) is 12.4 Å². The Morgan fingerprint density at radius 1 is 1.29 bits per heavy atom. The molecule has 1 aliphatic heterocycles. The summed E-state index contributed by atoms with van der Waals surface area (Å²) in [4.78, 5) is 7.58. The predicted octanol–water partition coefficient (Wildman–Crippen LogP) is 0.814. The van der Waals surface area contributed by atoms with E-state index in [1.807, 2.05) is 0 Å². The maximum Gasteiger partial charge on any atom is 0.247 e. The lowest BCUT2D eigenvalue weighted by Gasteiger charge is -2.22. The Labute approximate surface area is 107 Å². The van der Waals surface area contributed by atoms with Crippen LogP contribution in [0.25, 0.3) is 0 Å². The fraction of sp³-hybridized carbons (Fsp3) is 0.600. The summed E-state index contributed by atoms with van der Waals surface area (Å²) in [6.07, 6.45) is 6.02. The minimum Gasteiger partial charge on any atom is -0.313 e. The van der Waals surface area contributed by atoms with Gasteiger partial charge in [-0.05, 0) is 25.5 Å². The summed E-state index contributed by atoms with van der Waals surface area (Å²) in [5.74, 6) is 0.0943. The number of hydrogen-bond acceptors (Lipinski definition) is 5. The van der Waals surface area contributed by atoms with Crippen LogP contribution >= 0.6 is 12.4 Å². The fourth-order valence-corrected chi connectivity index (χ4v) is 3.26. The highest BCUT2D eigenvalue weighted by molar-refractivity contribution is 7.91. The lowest BCUT2D eigenvalue weighted by atomic mass is 10.1.